The van der Waals surface area contributed by atoms with E-state index in [2.05, 4.69) is 24.1 Å². The fourth-order valence-corrected chi connectivity index (χ4v) is 4.43. The zero-order valence-electron chi connectivity index (χ0n) is 21.8. The number of nitrogens with one attached hydrogen (secondary N) is 1. The predicted molar refractivity (Wildman–Crippen MR) is 140 cm³/mol. The fraction of sp³-hybridized carbons (Fsp3) is 0.444. The van der Waals surface area contributed by atoms with E-state index in [0.29, 0.717) is 54.6 Å². The number of aromatic nitrogens is 2. The standard InChI is InChI=1S/C27H34N4O5/c1-16(2)25-29-22-15-24(36-6)23(35-5)14-21(22)26(30-25)31-9-7-17(8-10-31)27(32)28-18-11-19(33-3)13-20(12-18)34-4/h11-17H,7-10H2,1-6H3,(H,28,32). The van der Waals surface area contributed by atoms with Crippen LogP contribution < -0.4 is 29.2 Å². The van der Waals surface area contributed by atoms with Crippen molar-refractivity contribution < 1.29 is 23.7 Å². The summed E-state index contributed by atoms with van der Waals surface area (Å²) in [6.07, 6.45) is 1.42. The average Bonchev–Trinajstić information content (AvgIpc) is 2.91. The number of methoxy groups -OCH3 is 4. The molecule has 2 heterocycles. The molecule has 1 N–H and O–H groups in total. The molecular formula is C27H34N4O5. The summed E-state index contributed by atoms with van der Waals surface area (Å²) < 4.78 is 21.6. The van der Waals surface area contributed by atoms with Crippen molar-refractivity contribution in [1.29, 1.82) is 0 Å². The van der Waals surface area contributed by atoms with Gasteiger partial charge in [0.25, 0.3) is 0 Å². The number of hydrogen-bond acceptors (Lipinski definition) is 8. The minimum atomic E-state index is -0.106. The number of piperidine rings is 1. The van der Waals surface area contributed by atoms with Crippen LogP contribution in [0.4, 0.5) is 11.5 Å². The van der Waals surface area contributed by atoms with Gasteiger partial charge in [0.15, 0.2) is 11.5 Å². The molecule has 9 heteroatoms. The molecule has 0 radical (unpaired) electrons. The topological polar surface area (TPSA) is 95.0 Å². The molecule has 1 fully saturated rings. The van der Waals surface area contributed by atoms with E-state index in [0.717, 1.165) is 22.5 Å². The second-order valence-electron chi connectivity index (χ2n) is 9.14. The summed E-state index contributed by atoms with van der Waals surface area (Å²) in [4.78, 5) is 25.0. The van der Waals surface area contributed by atoms with Crippen molar-refractivity contribution in [3.05, 3.63) is 36.2 Å². The molecule has 0 unspecified atom stereocenters. The Morgan fingerprint density at radius 1 is 0.889 bits per heavy atom. The number of carbonyl (C=O) groups is 1. The lowest BCUT2D eigenvalue weighted by Gasteiger charge is -2.33. The normalized spacial score (nSPS) is 14.1. The molecule has 1 aromatic heterocycles. The van der Waals surface area contributed by atoms with E-state index < -0.39 is 0 Å². The lowest BCUT2D eigenvalue weighted by atomic mass is 9.95. The molecule has 1 saturated heterocycles. The van der Waals surface area contributed by atoms with Gasteiger partial charge in [-0.3, -0.25) is 4.79 Å². The quantitative estimate of drug-likeness (QED) is 0.484. The Morgan fingerprint density at radius 3 is 2.06 bits per heavy atom. The van der Waals surface area contributed by atoms with Gasteiger partial charge in [0.1, 0.15) is 23.1 Å². The summed E-state index contributed by atoms with van der Waals surface area (Å²) in [6, 6.07) is 9.18. The number of ether oxygens (including phenoxy) is 4. The van der Waals surface area contributed by atoms with Crippen molar-refractivity contribution in [2.45, 2.75) is 32.6 Å². The highest BCUT2D eigenvalue weighted by molar-refractivity contribution is 5.94. The van der Waals surface area contributed by atoms with Gasteiger partial charge in [-0.05, 0) is 18.9 Å². The molecule has 0 aliphatic carbocycles. The van der Waals surface area contributed by atoms with Crippen molar-refractivity contribution in [2.24, 2.45) is 5.92 Å². The Labute approximate surface area is 211 Å². The van der Waals surface area contributed by atoms with Gasteiger partial charge in [-0.1, -0.05) is 13.8 Å². The number of fused-ring (bicyclic) bond motifs is 1. The van der Waals surface area contributed by atoms with Gasteiger partial charge in [0.2, 0.25) is 5.91 Å². The first kappa shape index (κ1) is 25.3. The molecule has 36 heavy (non-hydrogen) atoms. The molecule has 0 saturated carbocycles. The first-order valence-electron chi connectivity index (χ1n) is 12.1. The number of hydrogen-bond donors (Lipinski definition) is 1. The third-order valence-corrected chi connectivity index (χ3v) is 6.50. The van der Waals surface area contributed by atoms with Gasteiger partial charge in [-0.15, -0.1) is 0 Å². The molecule has 0 spiro atoms. The first-order chi connectivity index (χ1) is 17.4. The minimum Gasteiger partial charge on any atom is -0.497 e. The van der Waals surface area contributed by atoms with E-state index in [1.165, 1.54) is 0 Å². The summed E-state index contributed by atoms with van der Waals surface area (Å²) in [6.45, 7) is 5.57. The highest BCUT2D eigenvalue weighted by Crippen LogP contribution is 2.37. The number of carbonyl (C=O) groups excluding carboxylic acids is 1. The average molecular weight is 495 g/mol. The van der Waals surface area contributed by atoms with E-state index in [4.69, 9.17) is 28.9 Å². The van der Waals surface area contributed by atoms with Crippen LogP contribution in [0.3, 0.4) is 0 Å². The monoisotopic (exact) mass is 494 g/mol. The largest absolute Gasteiger partial charge is 0.497 e. The SMILES string of the molecule is COc1cc(NC(=O)C2CCN(c3nc(C(C)C)nc4cc(OC)c(OC)cc34)CC2)cc(OC)c1. The van der Waals surface area contributed by atoms with Crippen molar-refractivity contribution in [2.75, 3.05) is 51.7 Å². The Hall–Kier alpha value is -3.75. The second kappa shape index (κ2) is 10.9. The number of benzene rings is 2. The zero-order valence-corrected chi connectivity index (χ0v) is 21.8. The molecular weight excluding hydrogens is 460 g/mol. The van der Waals surface area contributed by atoms with Crippen LogP contribution in [0.1, 0.15) is 38.4 Å². The summed E-state index contributed by atoms with van der Waals surface area (Å²) in [7, 11) is 6.41. The molecule has 9 nitrogen and oxygen atoms in total. The maximum Gasteiger partial charge on any atom is 0.227 e. The first-order valence-corrected chi connectivity index (χ1v) is 12.1. The lowest BCUT2D eigenvalue weighted by Crippen LogP contribution is -2.38. The number of rotatable bonds is 8. The minimum absolute atomic E-state index is 0.00761. The van der Waals surface area contributed by atoms with Crippen LogP contribution in [-0.4, -0.2) is 57.4 Å². The van der Waals surface area contributed by atoms with E-state index in [9.17, 15) is 4.79 Å². The third-order valence-electron chi connectivity index (χ3n) is 6.50. The van der Waals surface area contributed by atoms with Gasteiger partial charge in [-0.25, -0.2) is 9.97 Å². The molecule has 0 atom stereocenters. The fourth-order valence-electron chi connectivity index (χ4n) is 4.43. The Morgan fingerprint density at radius 2 is 1.50 bits per heavy atom. The summed E-state index contributed by atoms with van der Waals surface area (Å²) in [5, 5.41) is 3.93. The van der Waals surface area contributed by atoms with Crippen LogP contribution in [-0.2, 0) is 4.79 Å². The van der Waals surface area contributed by atoms with Crippen LogP contribution in [0.15, 0.2) is 30.3 Å². The highest BCUT2D eigenvalue weighted by Gasteiger charge is 2.28. The van der Waals surface area contributed by atoms with Crippen LogP contribution in [0.25, 0.3) is 10.9 Å². The molecule has 192 valence electrons. The van der Waals surface area contributed by atoms with Gasteiger partial charge in [0.05, 0.1) is 34.0 Å². The van der Waals surface area contributed by atoms with E-state index >= 15 is 0 Å². The number of amides is 1. The Balaban J connectivity index is 1.54. The van der Waals surface area contributed by atoms with Gasteiger partial charge < -0.3 is 29.2 Å². The Kier molecular flexibility index (Phi) is 7.67. The predicted octanol–water partition coefficient (Wildman–Crippen LogP) is 4.64. The second-order valence-corrected chi connectivity index (χ2v) is 9.14. The summed E-state index contributed by atoms with van der Waals surface area (Å²) in [5.74, 6) is 4.22. The van der Waals surface area contributed by atoms with Gasteiger partial charge in [0, 0.05) is 60.3 Å². The van der Waals surface area contributed by atoms with Crippen molar-refractivity contribution in [1.82, 2.24) is 9.97 Å². The molecule has 4 rings (SSSR count). The Bertz CT molecular complexity index is 1220. The highest BCUT2D eigenvalue weighted by atomic mass is 16.5. The number of anilines is 2. The van der Waals surface area contributed by atoms with Crippen LogP contribution in [0.5, 0.6) is 23.0 Å². The third kappa shape index (κ3) is 5.24. The molecule has 2 aromatic carbocycles. The van der Waals surface area contributed by atoms with E-state index in [1.807, 2.05) is 12.1 Å². The summed E-state index contributed by atoms with van der Waals surface area (Å²) in [5.41, 5.74) is 1.47. The molecule has 1 amide bonds. The smallest absolute Gasteiger partial charge is 0.227 e. The molecule has 3 aromatic rings. The van der Waals surface area contributed by atoms with E-state index in [1.54, 1.807) is 46.6 Å². The lowest BCUT2D eigenvalue weighted by molar-refractivity contribution is -0.120. The maximum absolute atomic E-state index is 13.1. The van der Waals surface area contributed by atoms with E-state index in [-0.39, 0.29) is 17.7 Å². The molecule has 0 bridgehead atoms. The maximum atomic E-state index is 13.1. The number of nitrogens with zero attached hydrogens (tertiary/aromatic N) is 3. The van der Waals surface area contributed by atoms with Crippen molar-refractivity contribution in [3.63, 3.8) is 0 Å². The van der Waals surface area contributed by atoms with Crippen LogP contribution in [0, 0.1) is 5.92 Å². The van der Waals surface area contributed by atoms with Crippen molar-refractivity contribution >= 4 is 28.3 Å². The molecule has 1 aliphatic heterocycles. The van der Waals surface area contributed by atoms with Crippen LogP contribution >= 0.6 is 0 Å². The van der Waals surface area contributed by atoms with Gasteiger partial charge in [-0.2, -0.15) is 0 Å². The molecule has 1 aliphatic rings. The zero-order chi connectivity index (χ0) is 25.8. The van der Waals surface area contributed by atoms with Crippen molar-refractivity contribution in [3.8, 4) is 23.0 Å². The summed E-state index contributed by atoms with van der Waals surface area (Å²) >= 11 is 0. The van der Waals surface area contributed by atoms with Gasteiger partial charge >= 0.3 is 0 Å². The van der Waals surface area contributed by atoms with Crippen LogP contribution in [0.2, 0.25) is 0 Å².